The second-order valence-corrected chi connectivity index (χ2v) is 7.42. The van der Waals surface area contributed by atoms with Crippen molar-refractivity contribution in [1.29, 1.82) is 0 Å². The molecular weight excluding hydrogens is 433 g/mol. The fourth-order valence-electron chi connectivity index (χ4n) is 3.15. The van der Waals surface area contributed by atoms with E-state index in [0.717, 1.165) is 17.3 Å². The Morgan fingerprint density at radius 2 is 1.94 bits per heavy atom. The number of carbonyl (C=O) groups excluding carboxylic acids is 1. The first-order valence-electron chi connectivity index (χ1n) is 9.64. The smallest absolute Gasteiger partial charge is 0.275 e. The fraction of sp³-hybridized carbons (Fsp3) is 0.0870. The van der Waals surface area contributed by atoms with Crippen molar-refractivity contribution in [2.45, 2.75) is 13.8 Å². The summed E-state index contributed by atoms with van der Waals surface area (Å²) in [5, 5.41) is 2.74. The lowest BCUT2D eigenvalue weighted by Crippen LogP contribution is -2.12. The van der Waals surface area contributed by atoms with Crippen LogP contribution in [0, 0.1) is 19.7 Å². The van der Waals surface area contributed by atoms with Crippen LogP contribution in [0.3, 0.4) is 0 Å². The van der Waals surface area contributed by atoms with E-state index in [1.165, 1.54) is 24.4 Å². The van der Waals surface area contributed by atoms with Gasteiger partial charge in [-0.1, -0.05) is 29.8 Å². The number of halogens is 2. The number of ether oxygens (including phenoxy) is 1. The van der Waals surface area contributed by atoms with Gasteiger partial charge in [-0.25, -0.2) is 14.4 Å². The van der Waals surface area contributed by atoms with Crippen LogP contribution in [0.5, 0.6) is 11.5 Å². The third-order valence-corrected chi connectivity index (χ3v) is 5.16. The lowest BCUT2D eigenvalue weighted by atomic mass is 10.2. The first-order chi connectivity index (χ1) is 15.3. The van der Waals surface area contributed by atoms with E-state index >= 15 is 0 Å². The van der Waals surface area contributed by atoms with E-state index in [4.69, 9.17) is 22.1 Å². The van der Waals surface area contributed by atoms with Crippen LogP contribution in [0.4, 0.5) is 15.9 Å². The molecule has 0 saturated heterocycles. The van der Waals surface area contributed by atoms with E-state index in [2.05, 4.69) is 15.3 Å². The lowest BCUT2D eigenvalue weighted by molar-refractivity contribution is 0.102. The topological polar surface area (TPSA) is 95.1 Å². The average Bonchev–Trinajstić information content (AvgIpc) is 3.15. The number of benzene rings is 2. The summed E-state index contributed by atoms with van der Waals surface area (Å²) >= 11 is 6.03. The maximum Gasteiger partial charge on any atom is 0.275 e. The third kappa shape index (κ3) is 4.26. The van der Waals surface area contributed by atoms with Crippen molar-refractivity contribution in [3.63, 3.8) is 0 Å². The molecule has 3 N–H and O–H groups in total. The summed E-state index contributed by atoms with van der Waals surface area (Å²) in [5.41, 5.74) is 8.08. The minimum Gasteiger partial charge on any atom is -0.453 e. The third-order valence-electron chi connectivity index (χ3n) is 4.78. The Labute approximate surface area is 188 Å². The fourth-order valence-corrected chi connectivity index (χ4v) is 3.31. The van der Waals surface area contributed by atoms with Crippen molar-refractivity contribution >= 4 is 29.0 Å². The maximum absolute atomic E-state index is 14.6. The van der Waals surface area contributed by atoms with E-state index in [-0.39, 0.29) is 33.7 Å². The molecule has 0 radical (unpaired) electrons. The van der Waals surface area contributed by atoms with Gasteiger partial charge in [-0.15, -0.1) is 0 Å². The zero-order valence-electron chi connectivity index (χ0n) is 17.3. The van der Waals surface area contributed by atoms with Gasteiger partial charge < -0.3 is 20.4 Å². The molecule has 0 bridgehead atoms. The Balaban J connectivity index is 1.52. The number of nitrogens with zero attached hydrogens (tertiary/aromatic N) is 3. The number of hydrogen-bond acceptors (Lipinski definition) is 5. The number of anilines is 2. The second kappa shape index (κ2) is 8.68. The highest BCUT2D eigenvalue weighted by Crippen LogP contribution is 2.34. The molecule has 1 amide bonds. The number of para-hydroxylation sites is 1. The molecule has 0 aliphatic carbocycles. The lowest BCUT2D eigenvalue weighted by Gasteiger charge is -2.10. The van der Waals surface area contributed by atoms with Crippen LogP contribution in [0.25, 0.3) is 5.69 Å². The van der Waals surface area contributed by atoms with Crippen LogP contribution < -0.4 is 15.8 Å². The Hall–Kier alpha value is -3.91. The molecule has 7 nitrogen and oxygen atoms in total. The van der Waals surface area contributed by atoms with Gasteiger partial charge in [0.2, 0.25) is 0 Å². The quantitative estimate of drug-likeness (QED) is 0.429. The van der Waals surface area contributed by atoms with Gasteiger partial charge in [0.15, 0.2) is 17.3 Å². The molecule has 2 heterocycles. The molecule has 0 spiro atoms. The molecule has 162 valence electrons. The standard InChI is InChI=1S/C23H19ClFN5O2/c1-13-5-3-4-6-18(13)30-12-17(28-14(30)2)23(31)29-15-7-8-19(16(25)11-15)32-20-9-10-27-22(26)21(20)24/h3-12H,1-2H3,(H2,26,27)(H,29,31). The average molecular weight is 452 g/mol. The molecule has 0 unspecified atom stereocenters. The number of aryl methyl sites for hydroxylation is 2. The summed E-state index contributed by atoms with van der Waals surface area (Å²) in [5.74, 6) is -0.307. The number of amides is 1. The molecule has 0 aliphatic rings. The van der Waals surface area contributed by atoms with E-state index in [1.807, 2.05) is 42.7 Å². The number of aromatic nitrogens is 3. The van der Waals surface area contributed by atoms with Gasteiger partial charge in [0.1, 0.15) is 22.4 Å². The second-order valence-electron chi connectivity index (χ2n) is 7.04. The van der Waals surface area contributed by atoms with Crippen LogP contribution in [0.15, 0.2) is 60.9 Å². The number of imidazole rings is 1. The zero-order chi connectivity index (χ0) is 22.8. The van der Waals surface area contributed by atoms with Crippen molar-refractivity contribution in [1.82, 2.24) is 14.5 Å². The van der Waals surface area contributed by atoms with Gasteiger partial charge in [0.05, 0.1) is 0 Å². The normalized spacial score (nSPS) is 10.8. The highest BCUT2D eigenvalue weighted by molar-refractivity contribution is 6.34. The van der Waals surface area contributed by atoms with E-state index < -0.39 is 11.7 Å². The summed E-state index contributed by atoms with van der Waals surface area (Å²) in [7, 11) is 0. The van der Waals surface area contributed by atoms with Gasteiger partial charge in [-0.05, 0) is 37.6 Å². The van der Waals surface area contributed by atoms with Crippen molar-refractivity contribution in [2.75, 3.05) is 11.1 Å². The van der Waals surface area contributed by atoms with Crippen LogP contribution in [-0.4, -0.2) is 20.4 Å². The first kappa shape index (κ1) is 21.3. The van der Waals surface area contributed by atoms with Crippen molar-refractivity contribution in [3.05, 3.63) is 88.8 Å². The van der Waals surface area contributed by atoms with Gasteiger partial charge in [-0.3, -0.25) is 4.79 Å². The Bertz CT molecular complexity index is 1320. The largest absolute Gasteiger partial charge is 0.453 e. The number of nitrogens with one attached hydrogen (secondary N) is 1. The highest BCUT2D eigenvalue weighted by Gasteiger charge is 2.16. The molecule has 9 heteroatoms. The molecular formula is C23H19ClFN5O2. The molecule has 32 heavy (non-hydrogen) atoms. The van der Waals surface area contributed by atoms with E-state index in [9.17, 15) is 9.18 Å². The molecule has 2 aromatic heterocycles. The highest BCUT2D eigenvalue weighted by atomic mass is 35.5. The number of hydrogen-bond donors (Lipinski definition) is 2. The SMILES string of the molecule is Cc1ccccc1-n1cc(C(=O)Nc2ccc(Oc3ccnc(N)c3Cl)c(F)c2)nc1C. The van der Waals surface area contributed by atoms with Gasteiger partial charge in [-0.2, -0.15) is 0 Å². The Kier molecular flexibility index (Phi) is 5.79. The summed E-state index contributed by atoms with van der Waals surface area (Å²) in [6.45, 7) is 3.79. The molecule has 0 atom stereocenters. The van der Waals surface area contributed by atoms with Gasteiger partial charge in [0, 0.05) is 35.9 Å². The number of nitrogen functional groups attached to an aromatic ring is 1. The van der Waals surface area contributed by atoms with Crippen molar-refractivity contribution < 1.29 is 13.9 Å². The predicted molar refractivity (Wildman–Crippen MR) is 121 cm³/mol. The molecule has 4 rings (SSSR count). The number of carbonyl (C=O) groups is 1. The summed E-state index contributed by atoms with van der Waals surface area (Å²) in [4.78, 5) is 20.9. The minimum atomic E-state index is -0.684. The number of pyridine rings is 1. The Morgan fingerprint density at radius 1 is 1.16 bits per heavy atom. The van der Waals surface area contributed by atoms with Gasteiger partial charge >= 0.3 is 0 Å². The maximum atomic E-state index is 14.6. The molecule has 0 aliphatic heterocycles. The van der Waals surface area contributed by atoms with E-state index in [0.29, 0.717) is 5.82 Å². The van der Waals surface area contributed by atoms with Gasteiger partial charge in [0.25, 0.3) is 5.91 Å². The summed E-state index contributed by atoms with van der Waals surface area (Å²) in [6, 6.07) is 13.3. The van der Waals surface area contributed by atoms with Crippen molar-refractivity contribution in [2.24, 2.45) is 0 Å². The Morgan fingerprint density at radius 3 is 2.69 bits per heavy atom. The summed E-state index contributed by atoms with van der Waals surface area (Å²) in [6.07, 6.45) is 3.05. The molecule has 0 saturated carbocycles. The van der Waals surface area contributed by atoms with Crippen molar-refractivity contribution in [3.8, 4) is 17.2 Å². The van der Waals surface area contributed by atoms with Crippen LogP contribution >= 0.6 is 11.6 Å². The molecule has 4 aromatic rings. The minimum absolute atomic E-state index is 0.0739. The number of rotatable bonds is 5. The summed E-state index contributed by atoms with van der Waals surface area (Å²) < 4.78 is 21.9. The first-order valence-corrected chi connectivity index (χ1v) is 10.0. The monoisotopic (exact) mass is 451 g/mol. The molecule has 0 fully saturated rings. The van der Waals surface area contributed by atoms with E-state index in [1.54, 1.807) is 6.20 Å². The molecule has 2 aromatic carbocycles. The zero-order valence-corrected chi connectivity index (χ0v) is 18.0. The predicted octanol–water partition coefficient (Wildman–Crippen LogP) is 5.30. The van der Waals surface area contributed by atoms with Crippen LogP contribution in [0.2, 0.25) is 5.02 Å². The number of nitrogens with two attached hydrogens (primary N) is 1. The van der Waals surface area contributed by atoms with Crippen LogP contribution in [-0.2, 0) is 0 Å². The van der Waals surface area contributed by atoms with Crippen LogP contribution in [0.1, 0.15) is 21.9 Å².